The molecular formula is C11H16N6. The molecule has 0 aliphatic carbocycles. The molecule has 0 saturated carbocycles. The van der Waals surface area contributed by atoms with Crippen molar-refractivity contribution in [3.63, 3.8) is 0 Å². The molecule has 2 aromatic rings. The third-order valence-electron chi connectivity index (χ3n) is 2.29. The van der Waals surface area contributed by atoms with Crippen LogP contribution >= 0.6 is 0 Å². The van der Waals surface area contributed by atoms with Gasteiger partial charge < -0.3 is 5.32 Å². The van der Waals surface area contributed by atoms with Crippen molar-refractivity contribution < 1.29 is 0 Å². The topological polar surface area (TPSA) is 68.5 Å². The van der Waals surface area contributed by atoms with Crippen molar-refractivity contribution in [1.82, 2.24) is 30.0 Å². The molecule has 0 aliphatic heterocycles. The van der Waals surface area contributed by atoms with Crippen molar-refractivity contribution >= 4 is 0 Å². The van der Waals surface area contributed by atoms with Crippen molar-refractivity contribution in [2.24, 2.45) is 0 Å². The van der Waals surface area contributed by atoms with E-state index in [1.165, 1.54) is 12.7 Å². The third kappa shape index (κ3) is 2.85. The van der Waals surface area contributed by atoms with E-state index in [1.807, 2.05) is 13.0 Å². The van der Waals surface area contributed by atoms with Crippen LogP contribution in [0.15, 0.2) is 18.7 Å². The zero-order chi connectivity index (χ0) is 12.3. The quantitative estimate of drug-likeness (QED) is 0.847. The van der Waals surface area contributed by atoms with Crippen LogP contribution < -0.4 is 5.32 Å². The van der Waals surface area contributed by atoms with Crippen molar-refractivity contribution in [3.05, 3.63) is 30.2 Å². The van der Waals surface area contributed by atoms with E-state index in [1.54, 1.807) is 4.68 Å². The molecule has 0 fully saturated rings. The van der Waals surface area contributed by atoms with Gasteiger partial charge in [-0.05, 0) is 6.92 Å². The Labute approximate surface area is 100 Å². The highest BCUT2D eigenvalue weighted by Crippen LogP contribution is 2.05. The van der Waals surface area contributed by atoms with Gasteiger partial charge in [0, 0.05) is 17.8 Å². The molecule has 17 heavy (non-hydrogen) atoms. The van der Waals surface area contributed by atoms with E-state index in [2.05, 4.69) is 39.2 Å². The van der Waals surface area contributed by atoms with Gasteiger partial charge in [-0.15, -0.1) is 0 Å². The summed E-state index contributed by atoms with van der Waals surface area (Å²) in [6, 6.07) is 2.29. The number of hydrogen-bond donors (Lipinski definition) is 1. The first-order valence-corrected chi connectivity index (χ1v) is 5.58. The molecule has 0 saturated heterocycles. The van der Waals surface area contributed by atoms with Gasteiger partial charge in [0.15, 0.2) is 5.82 Å². The zero-order valence-corrected chi connectivity index (χ0v) is 10.3. The molecule has 90 valence electrons. The van der Waals surface area contributed by atoms with Gasteiger partial charge >= 0.3 is 0 Å². The minimum absolute atomic E-state index is 0.410. The molecule has 2 heterocycles. The minimum Gasteiger partial charge on any atom is -0.308 e. The molecule has 0 aliphatic rings. The smallest absolute Gasteiger partial charge is 0.159 e. The second kappa shape index (κ2) is 5.01. The number of aryl methyl sites for hydroxylation is 1. The highest BCUT2D eigenvalue weighted by molar-refractivity contribution is 5.22. The van der Waals surface area contributed by atoms with E-state index >= 15 is 0 Å². The predicted octanol–water partition coefficient (Wildman–Crippen LogP) is 0.864. The van der Waals surface area contributed by atoms with Gasteiger partial charge in [-0.2, -0.15) is 9.78 Å². The molecule has 0 aromatic carbocycles. The van der Waals surface area contributed by atoms with Gasteiger partial charge in [-0.25, -0.2) is 15.0 Å². The second-order valence-electron chi connectivity index (χ2n) is 4.14. The molecule has 0 unspecified atom stereocenters. The van der Waals surface area contributed by atoms with Gasteiger partial charge in [0.25, 0.3) is 0 Å². The summed E-state index contributed by atoms with van der Waals surface area (Å²) in [5, 5.41) is 7.49. The summed E-state index contributed by atoms with van der Waals surface area (Å²) in [5.41, 5.74) is 0.910. The van der Waals surface area contributed by atoms with Crippen molar-refractivity contribution in [2.45, 2.75) is 33.4 Å². The average Bonchev–Trinajstić information content (AvgIpc) is 2.74. The molecule has 0 bridgehead atoms. The Bertz CT molecular complexity index is 490. The van der Waals surface area contributed by atoms with Gasteiger partial charge in [0.1, 0.15) is 18.5 Å². The van der Waals surface area contributed by atoms with E-state index < -0.39 is 0 Å². The summed E-state index contributed by atoms with van der Waals surface area (Å²) in [5.74, 6) is 1.59. The normalized spacial score (nSPS) is 11.1. The molecule has 1 N–H and O–H groups in total. The molecule has 6 heteroatoms. The first-order chi connectivity index (χ1) is 8.16. The highest BCUT2D eigenvalue weighted by atomic mass is 15.4. The third-order valence-corrected chi connectivity index (χ3v) is 2.29. The van der Waals surface area contributed by atoms with E-state index in [0.29, 0.717) is 12.6 Å². The van der Waals surface area contributed by atoms with Crippen molar-refractivity contribution in [1.29, 1.82) is 0 Å². The lowest BCUT2D eigenvalue weighted by Crippen LogP contribution is -2.24. The number of hydrogen-bond acceptors (Lipinski definition) is 5. The second-order valence-corrected chi connectivity index (χ2v) is 4.14. The van der Waals surface area contributed by atoms with Crippen LogP contribution in [0.1, 0.15) is 25.4 Å². The fourth-order valence-corrected chi connectivity index (χ4v) is 1.43. The fourth-order valence-electron chi connectivity index (χ4n) is 1.43. The van der Waals surface area contributed by atoms with Crippen LogP contribution in [0.4, 0.5) is 0 Å². The van der Waals surface area contributed by atoms with Crippen molar-refractivity contribution in [3.8, 4) is 5.82 Å². The van der Waals surface area contributed by atoms with Crippen LogP contribution in [0.25, 0.3) is 5.82 Å². The van der Waals surface area contributed by atoms with Crippen LogP contribution in [-0.2, 0) is 6.54 Å². The standard InChI is InChI=1S/C11H16N6/c1-8(2)12-5-11-15-7-16-17(11)10-4-9(3)13-6-14-10/h4,6-8,12H,5H2,1-3H3. The van der Waals surface area contributed by atoms with Crippen LogP contribution in [0.5, 0.6) is 0 Å². The number of nitrogens with one attached hydrogen (secondary N) is 1. The average molecular weight is 232 g/mol. The lowest BCUT2D eigenvalue weighted by molar-refractivity contribution is 0.561. The number of aromatic nitrogens is 5. The number of nitrogens with zero attached hydrogens (tertiary/aromatic N) is 5. The van der Waals surface area contributed by atoms with Crippen LogP contribution in [0.2, 0.25) is 0 Å². The predicted molar refractivity (Wildman–Crippen MR) is 63.7 cm³/mol. The maximum atomic E-state index is 4.22. The molecule has 0 radical (unpaired) electrons. The maximum absolute atomic E-state index is 4.22. The van der Waals surface area contributed by atoms with Gasteiger partial charge in [-0.3, -0.25) is 0 Å². The molecule has 0 amide bonds. The molecule has 2 aromatic heterocycles. The maximum Gasteiger partial charge on any atom is 0.159 e. The summed E-state index contributed by atoms with van der Waals surface area (Å²) in [6.07, 6.45) is 3.07. The summed E-state index contributed by atoms with van der Waals surface area (Å²) in [6.45, 7) is 6.78. The largest absolute Gasteiger partial charge is 0.308 e. The summed E-state index contributed by atoms with van der Waals surface area (Å²) < 4.78 is 1.73. The van der Waals surface area contributed by atoms with E-state index in [-0.39, 0.29) is 0 Å². The van der Waals surface area contributed by atoms with Gasteiger partial charge in [0.2, 0.25) is 0 Å². The Morgan fingerprint density at radius 1 is 1.24 bits per heavy atom. The molecule has 0 atom stereocenters. The van der Waals surface area contributed by atoms with Crippen molar-refractivity contribution in [2.75, 3.05) is 0 Å². The lowest BCUT2D eigenvalue weighted by atomic mass is 10.4. The van der Waals surface area contributed by atoms with E-state index in [4.69, 9.17) is 0 Å². The first-order valence-electron chi connectivity index (χ1n) is 5.58. The SMILES string of the molecule is Cc1cc(-n2ncnc2CNC(C)C)ncn1. The monoisotopic (exact) mass is 232 g/mol. The van der Waals surface area contributed by atoms with Crippen LogP contribution in [-0.4, -0.2) is 30.8 Å². The van der Waals surface area contributed by atoms with Gasteiger partial charge in [0.05, 0.1) is 6.54 Å². The molecule has 0 spiro atoms. The van der Waals surface area contributed by atoms with E-state index in [9.17, 15) is 0 Å². The first kappa shape index (κ1) is 11.7. The lowest BCUT2D eigenvalue weighted by Gasteiger charge is -2.08. The Hall–Kier alpha value is -1.82. The minimum atomic E-state index is 0.410. The van der Waals surface area contributed by atoms with E-state index in [0.717, 1.165) is 17.3 Å². The molecular weight excluding hydrogens is 216 g/mol. The molecule has 2 rings (SSSR count). The van der Waals surface area contributed by atoms with Gasteiger partial charge in [-0.1, -0.05) is 13.8 Å². The zero-order valence-electron chi connectivity index (χ0n) is 10.3. The Morgan fingerprint density at radius 3 is 2.76 bits per heavy atom. The number of rotatable bonds is 4. The molecule has 6 nitrogen and oxygen atoms in total. The Balaban J connectivity index is 2.24. The van der Waals surface area contributed by atoms with Crippen LogP contribution in [0, 0.1) is 6.92 Å². The van der Waals surface area contributed by atoms with Crippen LogP contribution in [0.3, 0.4) is 0 Å². The Morgan fingerprint density at radius 2 is 2.06 bits per heavy atom. The highest BCUT2D eigenvalue weighted by Gasteiger charge is 2.08. The summed E-state index contributed by atoms with van der Waals surface area (Å²) >= 11 is 0. The summed E-state index contributed by atoms with van der Waals surface area (Å²) in [7, 11) is 0. The fraction of sp³-hybridized carbons (Fsp3) is 0.455. The Kier molecular flexibility index (Phi) is 3.43. The summed E-state index contributed by atoms with van der Waals surface area (Å²) in [4.78, 5) is 12.5.